The van der Waals surface area contributed by atoms with Gasteiger partial charge >= 0.3 is 14.0 Å². The van der Waals surface area contributed by atoms with Crippen LogP contribution in [0.3, 0.4) is 0 Å². The molecule has 2 N–H and O–H groups in total. The van der Waals surface area contributed by atoms with E-state index in [0.29, 0.717) is 25.7 Å². The van der Waals surface area contributed by atoms with Crippen molar-refractivity contribution in [2.45, 2.75) is 365 Å². The maximum absolute atomic E-state index is 14.7. The summed E-state index contributed by atoms with van der Waals surface area (Å²) in [5.74, 6) is -1.03. The van der Waals surface area contributed by atoms with E-state index in [9.17, 15) is 23.7 Å². The van der Waals surface area contributed by atoms with Gasteiger partial charge in [0.05, 0.1) is 45.2 Å². The summed E-state index contributed by atoms with van der Waals surface area (Å²) < 4.78 is 96.6. The second-order valence-electron chi connectivity index (χ2n) is 27.2. The zero-order valence-electron chi connectivity index (χ0n) is 64.3. The molecule has 0 aromatic rings. The highest BCUT2D eigenvalue weighted by molar-refractivity contribution is 7.48. The molecule has 2 rings (SSSR count). The number of hydrogen-bond donors (Lipinski definition) is 2. The second kappa shape index (κ2) is 63.5. The fraction of sp³-hybridized carbons (Fsp3) is 0.825. The van der Waals surface area contributed by atoms with Gasteiger partial charge in [0, 0.05) is 46.7 Å². The zero-order valence-corrected chi connectivity index (χ0v) is 65.1. The van der Waals surface area contributed by atoms with E-state index in [0.717, 1.165) is 141 Å². The average molecular weight is 1450 g/mol. The van der Waals surface area contributed by atoms with Gasteiger partial charge in [-0.1, -0.05) is 251 Å². The Labute approximate surface area is 612 Å². The zero-order chi connectivity index (χ0) is 73.7. The maximum Gasteiger partial charge on any atom is 0.509 e. The van der Waals surface area contributed by atoms with Gasteiger partial charge in [0.2, 0.25) is 18.1 Å². The second-order valence-corrected chi connectivity index (χ2v) is 28.9. The molecule has 0 aromatic carbocycles. The lowest BCUT2D eigenvalue weighted by Crippen LogP contribution is -2.66. The van der Waals surface area contributed by atoms with Gasteiger partial charge in [0.1, 0.15) is 55.0 Å². The Morgan fingerprint density at radius 2 is 0.990 bits per heavy atom. The van der Waals surface area contributed by atoms with Gasteiger partial charge in [0.25, 0.3) is 0 Å². The number of Topliss-reactive ketones (excluding diaryl/α,β-unsaturated/α-hetero) is 1. The number of phosphoric acid groups is 1. The van der Waals surface area contributed by atoms with Crippen LogP contribution in [0.2, 0.25) is 0 Å². The van der Waals surface area contributed by atoms with E-state index in [1.54, 1.807) is 20.1 Å². The summed E-state index contributed by atoms with van der Waals surface area (Å²) in [6.07, 6.45) is 41.0. The first kappa shape index (κ1) is 93.3. The van der Waals surface area contributed by atoms with E-state index in [1.165, 1.54) is 102 Å². The third-order valence-corrected chi connectivity index (χ3v) is 19.9. The molecule has 0 saturated carbocycles. The molecule has 20 nitrogen and oxygen atoms in total. The largest absolute Gasteiger partial charge is 0.509 e. The van der Waals surface area contributed by atoms with Crippen LogP contribution in [0.1, 0.15) is 298 Å². The minimum atomic E-state index is -4.45. The summed E-state index contributed by atoms with van der Waals surface area (Å²) in [7, 11) is -1.27. The van der Waals surface area contributed by atoms with Crippen LogP contribution in [0.5, 0.6) is 0 Å². The van der Waals surface area contributed by atoms with Crippen LogP contribution in [-0.4, -0.2) is 152 Å². The Balaban J connectivity index is 2.68. The van der Waals surface area contributed by atoms with Crippen molar-refractivity contribution >= 4 is 31.6 Å². The van der Waals surface area contributed by atoms with Crippen LogP contribution in [0.4, 0.5) is 4.79 Å². The summed E-state index contributed by atoms with van der Waals surface area (Å²) in [6, 6.07) is -2.20. The number of methoxy groups -OCH3 is 2. The lowest BCUT2D eigenvalue weighted by atomic mass is 9.93. The van der Waals surface area contributed by atoms with Crippen LogP contribution in [0.25, 0.3) is 0 Å². The highest BCUT2D eigenvalue weighted by Crippen LogP contribution is 2.52. The molecule has 2 amide bonds. The van der Waals surface area contributed by atoms with E-state index in [1.807, 2.05) is 0 Å². The van der Waals surface area contributed by atoms with Gasteiger partial charge in [-0.05, 0) is 64.7 Å². The molecule has 2 fully saturated rings. The molecule has 101 heavy (non-hydrogen) atoms. The average Bonchev–Trinajstić information content (AvgIpc) is 0.786. The molecular formula is C80H143N2O18P. The summed E-state index contributed by atoms with van der Waals surface area (Å²) in [4.78, 5) is 55.9. The van der Waals surface area contributed by atoms with E-state index >= 15 is 0 Å². The molecular weight excluding hydrogens is 1310 g/mol. The topological polar surface area (TPSA) is 229 Å². The number of carbonyl (C=O) groups is 4. The molecule has 11 atom stereocenters. The number of ether oxygens (including phenoxy) is 10. The van der Waals surface area contributed by atoms with Crippen molar-refractivity contribution in [3.63, 3.8) is 0 Å². The predicted octanol–water partition coefficient (Wildman–Crippen LogP) is 19.2. The Morgan fingerprint density at radius 1 is 0.505 bits per heavy atom. The minimum absolute atomic E-state index is 0.00483. The molecule has 0 radical (unpaired) electrons. The van der Waals surface area contributed by atoms with Crippen LogP contribution in [0, 0.1) is 0 Å². The number of hydrogen-bond acceptors (Lipinski definition) is 18. The molecule has 0 spiro atoms. The van der Waals surface area contributed by atoms with Crippen LogP contribution >= 0.6 is 7.82 Å². The van der Waals surface area contributed by atoms with E-state index in [2.05, 4.69) is 70.2 Å². The molecule has 586 valence electrons. The highest BCUT2D eigenvalue weighted by atomic mass is 31.2. The van der Waals surface area contributed by atoms with Crippen molar-refractivity contribution < 1.29 is 84.7 Å². The van der Waals surface area contributed by atoms with E-state index < -0.39 is 81.2 Å². The fourth-order valence-corrected chi connectivity index (χ4v) is 14.1. The molecule has 0 aliphatic carbocycles. The van der Waals surface area contributed by atoms with Crippen LogP contribution in [-0.2, 0) is 79.9 Å². The monoisotopic (exact) mass is 1450 g/mol. The quantitative estimate of drug-likeness (QED) is 0.0144. The highest BCUT2D eigenvalue weighted by Gasteiger charge is 2.54. The van der Waals surface area contributed by atoms with Crippen molar-refractivity contribution in [2.75, 3.05) is 60.5 Å². The molecule has 2 saturated heterocycles. The first-order chi connectivity index (χ1) is 49.3. The van der Waals surface area contributed by atoms with E-state index in [-0.39, 0.29) is 89.7 Å². The summed E-state index contributed by atoms with van der Waals surface area (Å²) in [6.45, 7) is 21.4. The van der Waals surface area contributed by atoms with Crippen molar-refractivity contribution in [2.24, 2.45) is 0 Å². The number of ketones is 1. The molecule has 2 heterocycles. The molecule has 21 heteroatoms. The minimum Gasteiger partial charge on any atom is -0.471 e. The van der Waals surface area contributed by atoms with Crippen molar-refractivity contribution in [3.8, 4) is 0 Å². The number of phosphoric ester groups is 1. The number of nitrogens with one attached hydrogen (secondary N) is 2. The Kier molecular flexibility index (Phi) is 58.6. The third-order valence-electron chi connectivity index (χ3n) is 18.4. The van der Waals surface area contributed by atoms with Gasteiger partial charge in [-0.3, -0.25) is 28.0 Å². The lowest BCUT2D eigenvalue weighted by molar-refractivity contribution is -0.285. The number of amides is 2. The van der Waals surface area contributed by atoms with Gasteiger partial charge in [-0.25, -0.2) is 9.36 Å². The Hall–Kier alpha value is -3.79. The standard InChI is InChI=1S/C80H143N2O18P/c1-11-19-23-27-30-33-34-35-36-37-38-40-42-46-50-54-70(84)81-73-77(91-62-55-67(89-10)53-49-44-26-22-14-4)75(100-101(87,95-59-17-7)96-60-18-8)69(65-88-9)98-79(73)93-63-56-68-74(99-80(86)94-58-16-6)76(90-61-51-47-43-32-29-25-21-13-3)72(78(97-68)92-57-15-5)82-71(85)64-66(83)52-48-45-41-39-31-28-24-20-12-2/h15-18,33-34,57,67-69,72-79H,6-8,11-14,19-32,35-56,58-65H2,1-5,9-10H3,(H,81,84)(H,82,85)/b34-33-,57-15-/t67-,68-,69-,72-,73-,74-,75-,76-,77-,78+,79-/m1/s1. The molecule has 2 aliphatic rings. The van der Waals surface area contributed by atoms with Gasteiger partial charge in [-0.2, -0.15) is 0 Å². The van der Waals surface area contributed by atoms with Gasteiger partial charge < -0.3 is 58.0 Å². The third kappa shape index (κ3) is 44.7. The number of rotatable bonds is 69. The molecule has 0 aromatic heterocycles. The smallest absolute Gasteiger partial charge is 0.471 e. The molecule has 0 unspecified atom stereocenters. The summed E-state index contributed by atoms with van der Waals surface area (Å²) in [5.41, 5.74) is 0. The normalized spacial score (nSPS) is 21.2. The lowest BCUT2D eigenvalue weighted by Gasteiger charge is -2.47. The predicted molar refractivity (Wildman–Crippen MR) is 403 cm³/mol. The van der Waals surface area contributed by atoms with Crippen molar-refractivity contribution in [1.82, 2.24) is 10.6 Å². The number of unbranched alkanes of at least 4 members (excludes halogenated alkanes) is 30. The molecule has 0 bridgehead atoms. The SMILES string of the molecule is C=CCOC(=O)O[C@H]1[C@H](OCCCCCCCCCC)[C@@H](NC(=O)CC(=O)CCCCCCCCCCC)[C@@H](O/C=C\C)O[C@@H]1CCO[C@@H]1O[C@H](COC)[C@@H](OP(=O)(OCC=C)OCC=C)[C@H](OCC[C@@H](CCCCCCC)OC)[C@H]1NC(=O)CCCCCCCCC/C=C\CCCCCC. The Bertz CT molecular complexity index is 2190. The summed E-state index contributed by atoms with van der Waals surface area (Å²) >= 11 is 0. The van der Waals surface area contributed by atoms with Gasteiger partial charge in [0.15, 0.2) is 12.4 Å². The first-order valence-electron chi connectivity index (χ1n) is 39.8. The van der Waals surface area contributed by atoms with Crippen molar-refractivity contribution in [1.29, 1.82) is 0 Å². The summed E-state index contributed by atoms with van der Waals surface area (Å²) in [5, 5.41) is 6.24. The number of allylic oxidation sites excluding steroid dienone is 3. The fourth-order valence-electron chi connectivity index (χ4n) is 12.7. The van der Waals surface area contributed by atoms with Crippen LogP contribution in [0.15, 0.2) is 62.5 Å². The van der Waals surface area contributed by atoms with Crippen LogP contribution < -0.4 is 10.6 Å². The van der Waals surface area contributed by atoms with Gasteiger partial charge in [-0.15, -0.1) is 13.2 Å². The van der Waals surface area contributed by atoms with E-state index in [4.69, 9.17) is 60.9 Å². The Morgan fingerprint density at radius 3 is 1.54 bits per heavy atom. The number of carbonyl (C=O) groups excluding carboxylic acids is 4. The first-order valence-corrected chi connectivity index (χ1v) is 41.2. The maximum atomic E-state index is 14.7. The molecule has 2 aliphatic heterocycles. The van der Waals surface area contributed by atoms with Crippen molar-refractivity contribution in [3.05, 3.63) is 62.5 Å².